The van der Waals surface area contributed by atoms with E-state index in [0.717, 1.165) is 44.0 Å². The van der Waals surface area contributed by atoms with Crippen molar-refractivity contribution >= 4 is 5.91 Å². The summed E-state index contributed by atoms with van der Waals surface area (Å²) in [6.07, 6.45) is 5.08. The van der Waals surface area contributed by atoms with Gasteiger partial charge in [0.05, 0.1) is 12.2 Å². The quantitative estimate of drug-likeness (QED) is 0.838. The molecule has 25 heavy (non-hydrogen) atoms. The average molecular weight is 342 g/mol. The van der Waals surface area contributed by atoms with Gasteiger partial charge < -0.3 is 14.6 Å². The van der Waals surface area contributed by atoms with Crippen LogP contribution in [0.5, 0.6) is 5.75 Å². The molecule has 0 radical (unpaired) electrons. The Hall–Kier alpha value is -2.34. The second kappa shape index (κ2) is 8.16. The first-order chi connectivity index (χ1) is 12.1. The van der Waals surface area contributed by atoms with Crippen LogP contribution in [0.2, 0.25) is 0 Å². The molecule has 1 N–H and O–H groups in total. The van der Waals surface area contributed by atoms with E-state index >= 15 is 0 Å². The number of rotatable bonds is 7. The third kappa shape index (κ3) is 4.82. The number of nitrogens with one attached hydrogen (secondary N) is 1. The third-order valence-electron chi connectivity index (χ3n) is 4.49. The van der Waals surface area contributed by atoms with E-state index in [4.69, 9.17) is 4.74 Å². The fourth-order valence-electron chi connectivity index (χ4n) is 3.20. The summed E-state index contributed by atoms with van der Waals surface area (Å²) >= 11 is 0. The van der Waals surface area contributed by atoms with Gasteiger partial charge in [0.25, 0.3) is 0 Å². The lowest BCUT2D eigenvalue weighted by Gasteiger charge is -2.18. The van der Waals surface area contributed by atoms with Crippen LogP contribution in [0.15, 0.2) is 36.7 Å². The lowest BCUT2D eigenvalue weighted by molar-refractivity contribution is -0.119. The summed E-state index contributed by atoms with van der Waals surface area (Å²) in [6, 6.07) is 8.08. The molecule has 1 saturated heterocycles. The fraction of sp³-hybridized carbons (Fsp3) is 0.474. The van der Waals surface area contributed by atoms with Crippen LogP contribution in [-0.4, -0.2) is 39.6 Å². The summed E-state index contributed by atoms with van der Waals surface area (Å²) in [5.74, 6) is 0.760. The first kappa shape index (κ1) is 17.5. The molecular weight excluding hydrogens is 316 g/mol. The minimum atomic E-state index is -0.0589. The normalized spacial score (nSPS) is 17.6. The van der Waals surface area contributed by atoms with E-state index in [1.54, 1.807) is 6.20 Å². The van der Waals surface area contributed by atoms with Crippen molar-refractivity contribution in [3.63, 3.8) is 0 Å². The highest BCUT2D eigenvalue weighted by molar-refractivity contribution is 5.72. The average Bonchev–Trinajstić information content (AvgIpc) is 3.23. The van der Waals surface area contributed by atoms with E-state index in [2.05, 4.69) is 45.0 Å². The topological polar surface area (TPSA) is 59.4 Å². The molecule has 2 aromatic rings. The van der Waals surface area contributed by atoms with Crippen molar-refractivity contribution in [3.05, 3.63) is 48.0 Å². The van der Waals surface area contributed by atoms with Crippen molar-refractivity contribution in [2.75, 3.05) is 13.1 Å². The molecule has 0 bridgehead atoms. The summed E-state index contributed by atoms with van der Waals surface area (Å²) in [5.41, 5.74) is 2.16. The van der Waals surface area contributed by atoms with E-state index in [-0.39, 0.29) is 12.0 Å². The maximum atomic E-state index is 11.0. The van der Waals surface area contributed by atoms with Gasteiger partial charge in [0.1, 0.15) is 11.9 Å². The smallest absolute Gasteiger partial charge is 0.217 e. The highest BCUT2D eigenvalue weighted by Gasteiger charge is 2.24. The van der Waals surface area contributed by atoms with Crippen molar-refractivity contribution in [2.24, 2.45) is 0 Å². The Morgan fingerprint density at radius 3 is 3.12 bits per heavy atom. The molecule has 6 heteroatoms. The highest BCUT2D eigenvalue weighted by Crippen LogP contribution is 2.20. The van der Waals surface area contributed by atoms with E-state index < -0.39 is 0 Å². The number of ether oxygens (including phenoxy) is 1. The molecule has 134 valence electrons. The lowest BCUT2D eigenvalue weighted by atomic mass is 10.3. The first-order valence-corrected chi connectivity index (χ1v) is 8.86. The molecule has 1 fully saturated rings. The molecule has 1 aliphatic heterocycles. The van der Waals surface area contributed by atoms with Crippen molar-refractivity contribution in [3.8, 4) is 5.75 Å². The van der Waals surface area contributed by atoms with Crippen LogP contribution >= 0.6 is 0 Å². The summed E-state index contributed by atoms with van der Waals surface area (Å²) in [6.45, 7) is 8.04. The number of amides is 1. The van der Waals surface area contributed by atoms with Gasteiger partial charge in [-0.2, -0.15) is 0 Å². The highest BCUT2D eigenvalue weighted by atomic mass is 16.5. The molecule has 6 nitrogen and oxygen atoms in total. The Morgan fingerprint density at radius 1 is 1.44 bits per heavy atom. The molecule has 0 aromatic carbocycles. The number of nitrogens with zero attached hydrogens (tertiary/aromatic N) is 3. The number of aryl methyl sites for hydroxylation is 1. The maximum Gasteiger partial charge on any atom is 0.217 e. The molecule has 1 aliphatic rings. The number of carbonyl (C=O) groups is 1. The van der Waals surface area contributed by atoms with Crippen LogP contribution in [0, 0.1) is 0 Å². The van der Waals surface area contributed by atoms with Gasteiger partial charge in [0.15, 0.2) is 0 Å². The molecule has 0 aliphatic carbocycles. The Kier molecular flexibility index (Phi) is 5.71. The van der Waals surface area contributed by atoms with Crippen molar-refractivity contribution in [1.82, 2.24) is 19.8 Å². The standard InChI is InChI=1S/C19H26N4O2/c1-3-23-9-4-5-17(23)13-22-10-7-19(14-22)25-18-6-8-20-16(11-18)12-21-15(2)24/h4-6,8-9,11,19H,3,7,10,12-14H2,1-2H3,(H,21,24). The predicted octanol–water partition coefficient (Wildman–Crippen LogP) is 2.19. The Bertz CT molecular complexity index is 713. The maximum absolute atomic E-state index is 11.0. The second-order valence-corrected chi connectivity index (χ2v) is 6.44. The minimum Gasteiger partial charge on any atom is -0.489 e. The van der Waals surface area contributed by atoms with Crippen molar-refractivity contribution in [1.29, 1.82) is 0 Å². The van der Waals surface area contributed by atoms with Gasteiger partial charge in [-0.3, -0.25) is 14.7 Å². The largest absolute Gasteiger partial charge is 0.489 e. The number of aromatic nitrogens is 2. The van der Waals surface area contributed by atoms with E-state index in [9.17, 15) is 4.79 Å². The van der Waals surface area contributed by atoms with E-state index in [0.29, 0.717) is 6.54 Å². The first-order valence-electron chi connectivity index (χ1n) is 8.86. The molecule has 3 heterocycles. The zero-order chi connectivity index (χ0) is 17.6. The molecule has 2 aromatic heterocycles. The van der Waals surface area contributed by atoms with Gasteiger partial charge in [-0.15, -0.1) is 0 Å². The number of carbonyl (C=O) groups excluding carboxylic acids is 1. The molecule has 1 atom stereocenters. The summed E-state index contributed by atoms with van der Waals surface area (Å²) in [7, 11) is 0. The molecular formula is C19H26N4O2. The summed E-state index contributed by atoms with van der Waals surface area (Å²) in [5, 5.41) is 2.76. The zero-order valence-corrected chi connectivity index (χ0v) is 14.9. The number of hydrogen-bond acceptors (Lipinski definition) is 4. The van der Waals surface area contributed by atoms with Crippen LogP contribution < -0.4 is 10.1 Å². The predicted molar refractivity (Wildman–Crippen MR) is 96.2 cm³/mol. The van der Waals surface area contributed by atoms with Gasteiger partial charge in [-0.1, -0.05) is 0 Å². The second-order valence-electron chi connectivity index (χ2n) is 6.44. The minimum absolute atomic E-state index is 0.0589. The van der Waals surface area contributed by atoms with Crippen LogP contribution in [0.3, 0.4) is 0 Å². The molecule has 1 amide bonds. The van der Waals surface area contributed by atoms with Gasteiger partial charge in [-0.05, 0) is 31.5 Å². The number of likely N-dealkylation sites (tertiary alicyclic amines) is 1. The van der Waals surface area contributed by atoms with Crippen LogP contribution in [0.4, 0.5) is 0 Å². The van der Waals surface area contributed by atoms with E-state index in [1.165, 1.54) is 12.6 Å². The Labute approximate surface area is 148 Å². The molecule has 0 saturated carbocycles. The third-order valence-corrected chi connectivity index (χ3v) is 4.49. The zero-order valence-electron chi connectivity index (χ0n) is 14.9. The fourth-order valence-corrected chi connectivity index (χ4v) is 3.20. The summed E-state index contributed by atoms with van der Waals surface area (Å²) < 4.78 is 8.41. The SMILES string of the molecule is CCn1cccc1CN1CCC(Oc2ccnc(CNC(C)=O)c2)C1. The van der Waals surface area contributed by atoms with Crippen LogP contribution in [-0.2, 0) is 24.4 Å². The van der Waals surface area contributed by atoms with Gasteiger partial charge in [0.2, 0.25) is 5.91 Å². The van der Waals surface area contributed by atoms with Crippen LogP contribution in [0.1, 0.15) is 31.7 Å². The van der Waals surface area contributed by atoms with Gasteiger partial charge >= 0.3 is 0 Å². The molecule has 0 spiro atoms. The van der Waals surface area contributed by atoms with Crippen molar-refractivity contribution < 1.29 is 9.53 Å². The lowest BCUT2D eigenvalue weighted by Crippen LogP contribution is -2.25. The van der Waals surface area contributed by atoms with E-state index in [1.807, 2.05) is 12.1 Å². The molecule has 1 unspecified atom stereocenters. The van der Waals surface area contributed by atoms with Crippen molar-refractivity contribution in [2.45, 2.75) is 46.0 Å². The number of hydrogen-bond donors (Lipinski definition) is 1. The number of pyridine rings is 1. The van der Waals surface area contributed by atoms with Gasteiger partial charge in [-0.25, -0.2) is 0 Å². The Morgan fingerprint density at radius 2 is 2.32 bits per heavy atom. The monoisotopic (exact) mass is 342 g/mol. The van der Waals surface area contributed by atoms with Gasteiger partial charge in [0, 0.05) is 57.3 Å². The Balaban J connectivity index is 1.53. The molecule has 3 rings (SSSR count). The van der Waals surface area contributed by atoms with Crippen LogP contribution in [0.25, 0.3) is 0 Å². The summed E-state index contributed by atoms with van der Waals surface area (Å²) in [4.78, 5) is 17.7.